The first-order valence-electron chi connectivity index (χ1n) is 15.6. The summed E-state index contributed by atoms with van der Waals surface area (Å²) >= 11 is 0. The minimum absolute atomic E-state index is 0.0131. The van der Waals surface area contributed by atoms with Gasteiger partial charge in [-0.3, -0.25) is 19.3 Å². The number of carbonyl (C=O) groups is 3. The van der Waals surface area contributed by atoms with Gasteiger partial charge in [-0.25, -0.2) is 9.67 Å². The van der Waals surface area contributed by atoms with Gasteiger partial charge in [-0.1, -0.05) is 62.4 Å². The molecule has 3 amide bonds. The summed E-state index contributed by atoms with van der Waals surface area (Å²) in [5, 5.41) is 10.8. The van der Waals surface area contributed by atoms with Gasteiger partial charge in [0.2, 0.25) is 17.7 Å². The average Bonchev–Trinajstić information content (AvgIpc) is 3.32. The zero-order valence-corrected chi connectivity index (χ0v) is 25.9. The predicted molar refractivity (Wildman–Crippen MR) is 166 cm³/mol. The fraction of sp³-hybridized carbons (Fsp3) is 0.485. The van der Waals surface area contributed by atoms with Gasteiger partial charge in [0.25, 0.3) is 0 Å². The molecule has 0 aliphatic carbocycles. The molecule has 2 atom stereocenters. The van der Waals surface area contributed by atoms with Crippen LogP contribution in [0, 0.1) is 5.92 Å². The Kier molecular flexibility index (Phi) is 10.3. The van der Waals surface area contributed by atoms with Gasteiger partial charge >= 0.3 is 0 Å². The maximum absolute atomic E-state index is 13.8. The highest BCUT2D eigenvalue weighted by atomic mass is 16.5. The van der Waals surface area contributed by atoms with Crippen LogP contribution in [0.1, 0.15) is 57.5 Å². The van der Waals surface area contributed by atoms with E-state index in [0.717, 1.165) is 16.9 Å². The fourth-order valence-corrected chi connectivity index (χ4v) is 5.71. The van der Waals surface area contributed by atoms with Crippen molar-refractivity contribution in [1.29, 1.82) is 0 Å². The van der Waals surface area contributed by atoms with Gasteiger partial charge in [-0.05, 0) is 31.7 Å². The third-order valence-electron chi connectivity index (χ3n) is 7.99. The number of ether oxygens (including phenoxy) is 1. The van der Waals surface area contributed by atoms with Crippen molar-refractivity contribution in [2.75, 3.05) is 32.8 Å². The molecule has 234 valence electrons. The maximum Gasteiger partial charge on any atom is 0.243 e. The first-order valence-corrected chi connectivity index (χ1v) is 15.6. The topological polar surface area (TPSA) is 122 Å². The zero-order chi connectivity index (χ0) is 31.1. The van der Waals surface area contributed by atoms with E-state index < -0.39 is 12.1 Å². The number of amides is 3. The molecule has 0 saturated heterocycles. The largest absolute Gasteiger partial charge is 0.492 e. The van der Waals surface area contributed by atoms with E-state index in [1.807, 2.05) is 80.3 Å². The maximum atomic E-state index is 13.8. The van der Waals surface area contributed by atoms with Crippen molar-refractivity contribution in [2.45, 2.75) is 65.2 Å². The summed E-state index contributed by atoms with van der Waals surface area (Å²) in [7, 11) is 0. The number of nitrogens with zero attached hydrogens (tertiary/aromatic N) is 5. The molecule has 2 aliphatic heterocycles. The van der Waals surface area contributed by atoms with E-state index in [2.05, 4.69) is 15.5 Å². The molecular formula is C33H43N7O4. The highest BCUT2D eigenvalue weighted by molar-refractivity contribution is 5.87. The van der Waals surface area contributed by atoms with Gasteiger partial charge in [0.15, 0.2) is 5.82 Å². The van der Waals surface area contributed by atoms with Gasteiger partial charge < -0.3 is 20.3 Å². The summed E-state index contributed by atoms with van der Waals surface area (Å²) in [6.07, 6.45) is 1.22. The van der Waals surface area contributed by atoms with E-state index in [0.29, 0.717) is 63.8 Å². The van der Waals surface area contributed by atoms with Crippen LogP contribution in [0.4, 0.5) is 0 Å². The Morgan fingerprint density at radius 3 is 2.57 bits per heavy atom. The summed E-state index contributed by atoms with van der Waals surface area (Å²) in [6, 6.07) is 16.5. The molecule has 3 aromatic rings. The molecule has 2 N–H and O–H groups in total. The van der Waals surface area contributed by atoms with Crippen molar-refractivity contribution >= 4 is 17.7 Å². The van der Waals surface area contributed by atoms with Crippen LogP contribution in [0.25, 0.3) is 11.4 Å². The highest BCUT2D eigenvalue weighted by Crippen LogP contribution is 2.23. The molecule has 44 heavy (non-hydrogen) atoms. The lowest BCUT2D eigenvalue weighted by Gasteiger charge is -2.28. The molecule has 0 bridgehead atoms. The van der Waals surface area contributed by atoms with E-state index in [4.69, 9.17) is 14.8 Å². The Labute approximate surface area is 259 Å². The first-order chi connectivity index (χ1) is 21.3. The quantitative estimate of drug-likeness (QED) is 0.461. The SMILES string of the molecule is CC(C)C[C@H]1NC(=O)CCCN(C(=O)CN2CCOc3ccccc3C2)CCn2nc(-c3ccccc3)nc2[C@@H](C)NC1=O. The van der Waals surface area contributed by atoms with E-state index in [1.54, 1.807) is 4.68 Å². The van der Waals surface area contributed by atoms with Crippen molar-refractivity contribution in [3.63, 3.8) is 0 Å². The minimum atomic E-state index is -0.663. The second kappa shape index (κ2) is 14.5. The molecular weight excluding hydrogens is 558 g/mol. The Hall–Kier alpha value is -4.25. The predicted octanol–water partition coefficient (Wildman–Crippen LogP) is 3.17. The van der Waals surface area contributed by atoms with Crippen LogP contribution < -0.4 is 15.4 Å². The van der Waals surface area contributed by atoms with E-state index in [9.17, 15) is 14.4 Å². The number of para-hydroxylation sites is 1. The van der Waals surface area contributed by atoms with Crippen LogP contribution in [0.3, 0.4) is 0 Å². The molecule has 0 unspecified atom stereocenters. The van der Waals surface area contributed by atoms with Gasteiger partial charge in [-0.2, -0.15) is 5.10 Å². The number of nitrogens with one attached hydrogen (secondary N) is 2. The number of rotatable bonds is 5. The summed E-state index contributed by atoms with van der Waals surface area (Å²) in [4.78, 5) is 48.8. The number of hydrogen-bond acceptors (Lipinski definition) is 7. The van der Waals surface area contributed by atoms with Crippen LogP contribution in [0.15, 0.2) is 54.6 Å². The molecule has 5 rings (SSSR count). The Morgan fingerprint density at radius 2 is 1.77 bits per heavy atom. The molecule has 0 spiro atoms. The molecule has 0 saturated carbocycles. The Morgan fingerprint density at radius 1 is 1.00 bits per heavy atom. The van der Waals surface area contributed by atoms with Crippen LogP contribution in [-0.4, -0.2) is 81.1 Å². The van der Waals surface area contributed by atoms with Crippen molar-refractivity contribution in [1.82, 2.24) is 35.2 Å². The molecule has 2 aliphatic rings. The lowest BCUT2D eigenvalue weighted by molar-refractivity contribution is -0.133. The summed E-state index contributed by atoms with van der Waals surface area (Å²) < 4.78 is 7.70. The molecule has 11 nitrogen and oxygen atoms in total. The lowest BCUT2D eigenvalue weighted by Crippen LogP contribution is -2.48. The van der Waals surface area contributed by atoms with E-state index in [1.165, 1.54) is 0 Å². The summed E-state index contributed by atoms with van der Waals surface area (Å²) in [6.45, 7) is 9.14. The molecule has 3 heterocycles. The van der Waals surface area contributed by atoms with Crippen LogP contribution >= 0.6 is 0 Å². The van der Waals surface area contributed by atoms with Crippen molar-refractivity contribution in [2.24, 2.45) is 5.92 Å². The molecule has 2 aromatic carbocycles. The van der Waals surface area contributed by atoms with Gasteiger partial charge in [0.05, 0.1) is 19.1 Å². The lowest BCUT2D eigenvalue weighted by atomic mass is 10.0. The molecule has 0 fully saturated rings. The van der Waals surface area contributed by atoms with Crippen molar-refractivity contribution < 1.29 is 19.1 Å². The second-order valence-corrected chi connectivity index (χ2v) is 12.0. The number of carbonyl (C=O) groups excluding carboxylic acids is 3. The number of hydrogen-bond donors (Lipinski definition) is 2. The average molecular weight is 602 g/mol. The van der Waals surface area contributed by atoms with E-state index >= 15 is 0 Å². The first kappa shape index (κ1) is 31.2. The minimum Gasteiger partial charge on any atom is -0.492 e. The molecule has 11 heteroatoms. The number of benzene rings is 2. The standard InChI is InChI=1S/C33H43N7O4/c1-23(2)20-27-33(43)34-24(3)32-36-31(25-10-5-4-6-11-25)37-40(32)17-16-39(15-9-14-29(41)35-27)30(42)22-38-18-19-44-28-13-8-7-12-26(28)21-38/h4-8,10-13,23-24,27H,9,14-22H2,1-3H3,(H,34,43)(H,35,41)/t24-,27-/m1/s1. The monoisotopic (exact) mass is 601 g/mol. The number of aromatic nitrogens is 3. The normalized spacial score (nSPS) is 20.4. The van der Waals surface area contributed by atoms with E-state index in [-0.39, 0.29) is 36.6 Å². The van der Waals surface area contributed by atoms with Crippen molar-refractivity contribution in [3.05, 3.63) is 66.0 Å². The second-order valence-electron chi connectivity index (χ2n) is 12.0. The third kappa shape index (κ3) is 8.02. The third-order valence-corrected chi connectivity index (χ3v) is 7.99. The number of fused-ring (bicyclic) bond motifs is 2. The van der Waals surface area contributed by atoms with Gasteiger partial charge in [0.1, 0.15) is 24.2 Å². The summed E-state index contributed by atoms with van der Waals surface area (Å²) in [5.41, 5.74) is 1.92. The fourth-order valence-electron chi connectivity index (χ4n) is 5.71. The van der Waals surface area contributed by atoms with Crippen LogP contribution in [0.2, 0.25) is 0 Å². The van der Waals surface area contributed by atoms with Crippen LogP contribution in [-0.2, 0) is 27.5 Å². The Balaban J connectivity index is 1.39. The van der Waals surface area contributed by atoms with Crippen LogP contribution in [0.5, 0.6) is 5.75 Å². The highest BCUT2D eigenvalue weighted by Gasteiger charge is 2.28. The summed E-state index contributed by atoms with van der Waals surface area (Å²) in [5.74, 6) is 1.76. The van der Waals surface area contributed by atoms with Gasteiger partial charge in [-0.15, -0.1) is 0 Å². The Bertz CT molecular complexity index is 1440. The zero-order valence-electron chi connectivity index (χ0n) is 25.9. The van der Waals surface area contributed by atoms with Crippen molar-refractivity contribution in [3.8, 4) is 17.1 Å². The molecule has 1 aromatic heterocycles. The smallest absolute Gasteiger partial charge is 0.243 e. The van der Waals surface area contributed by atoms with Gasteiger partial charge in [0, 0.05) is 43.7 Å². The molecule has 0 radical (unpaired) electrons.